The molecule has 0 bridgehead atoms. The van der Waals surface area contributed by atoms with Gasteiger partial charge in [0.05, 0.1) is 0 Å². The number of aryl methyl sites for hydroxylation is 1. The van der Waals surface area contributed by atoms with Crippen molar-refractivity contribution in [1.29, 1.82) is 0 Å². The Morgan fingerprint density at radius 1 is 1.24 bits per heavy atom. The third-order valence-corrected chi connectivity index (χ3v) is 2.40. The minimum Gasteiger partial charge on any atom is -0.384 e. The average molecular weight is 227 g/mol. The molecule has 0 aliphatic carbocycles. The molecule has 1 heterocycles. The predicted octanol–water partition coefficient (Wildman–Crippen LogP) is 2.24. The van der Waals surface area contributed by atoms with Gasteiger partial charge in [-0.1, -0.05) is 18.2 Å². The van der Waals surface area contributed by atoms with Gasteiger partial charge in [0.1, 0.15) is 5.82 Å². The Balaban J connectivity index is 2.52. The number of Topliss-reactive ketones (excluding diaryl/α,β-unsaturated/α-hetero) is 1. The molecule has 0 saturated carbocycles. The lowest BCUT2D eigenvalue weighted by atomic mass is 10.1. The van der Waals surface area contributed by atoms with E-state index in [4.69, 9.17) is 5.73 Å². The molecule has 2 N–H and O–H groups in total. The summed E-state index contributed by atoms with van der Waals surface area (Å²) in [5.41, 5.74) is 7.93. The summed E-state index contributed by atoms with van der Waals surface area (Å²) in [5, 5.41) is 0. The summed E-state index contributed by atoms with van der Waals surface area (Å²) in [5.74, 6) is 0.999. The Morgan fingerprint density at radius 2 is 2.00 bits per heavy atom. The minimum atomic E-state index is 0.0208. The van der Waals surface area contributed by atoms with E-state index in [1.54, 1.807) is 18.2 Å². The third kappa shape index (κ3) is 2.47. The molecule has 17 heavy (non-hydrogen) atoms. The van der Waals surface area contributed by atoms with Crippen LogP contribution in [0.15, 0.2) is 30.3 Å². The van der Waals surface area contributed by atoms with Crippen LogP contribution in [-0.2, 0) is 0 Å². The Labute approximate surface area is 99.5 Å². The number of anilines is 1. The molecule has 2 aromatic rings. The molecule has 1 aromatic carbocycles. The monoisotopic (exact) mass is 227 g/mol. The van der Waals surface area contributed by atoms with Crippen molar-refractivity contribution >= 4 is 11.6 Å². The van der Waals surface area contributed by atoms with E-state index >= 15 is 0 Å². The van der Waals surface area contributed by atoms with Crippen LogP contribution in [-0.4, -0.2) is 15.8 Å². The van der Waals surface area contributed by atoms with Crippen LogP contribution < -0.4 is 5.73 Å². The SMILES string of the molecule is CC(=O)c1cccc(-c2nc(C)cc(N)n2)c1. The molecule has 0 aliphatic rings. The maximum Gasteiger partial charge on any atom is 0.161 e. The molecule has 4 nitrogen and oxygen atoms in total. The van der Waals surface area contributed by atoms with Crippen LogP contribution in [0.1, 0.15) is 23.0 Å². The Morgan fingerprint density at radius 3 is 2.65 bits per heavy atom. The lowest BCUT2D eigenvalue weighted by molar-refractivity contribution is 0.101. The van der Waals surface area contributed by atoms with Gasteiger partial charge in [0.2, 0.25) is 0 Å². The number of hydrogen-bond acceptors (Lipinski definition) is 4. The normalized spacial score (nSPS) is 10.2. The molecule has 1 aromatic heterocycles. The highest BCUT2D eigenvalue weighted by molar-refractivity contribution is 5.95. The van der Waals surface area contributed by atoms with Gasteiger partial charge in [-0.25, -0.2) is 9.97 Å². The van der Waals surface area contributed by atoms with Crippen molar-refractivity contribution in [2.24, 2.45) is 0 Å². The maximum atomic E-state index is 11.3. The molecular weight excluding hydrogens is 214 g/mol. The fourth-order valence-corrected chi connectivity index (χ4v) is 1.60. The van der Waals surface area contributed by atoms with Gasteiger partial charge in [-0.3, -0.25) is 4.79 Å². The Hall–Kier alpha value is -2.23. The summed E-state index contributed by atoms with van der Waals surface area (Å²) in [6, 6.07) is 8.93. The summed E-state index contributed by atoms with van der Waals surface area (Å²) in [4.78, 5) is 19.8. The number of hydrogen-bond donors (Lipinski definition) is 1. The molecule has 0 aliphatic heterocycles. The first kappa shape index (κ1) is 11.3. The standard InChI is InChI=1S/C13H13N3O/c1-8-6-12(14)16-13(15-8)11-5-3-4-10(7-11)9(2)17/h3-7H,1-2H3,(H2,14,15,16). The zero-order chi connectivity index (χ0) is 12.4. The first-order valence-corrected chi connectivity index (χ1v) is 5.29. The van der Waals surface area contributed by atoms with Crippen molar-refractivity contribution in [2.45, 2.75) is 13.8 Å². The van der Waals surface area contributed by atoms with Crippen molar-refractivity contribution in [2.75, 3.05) is 5.73 Å². The van der Waals surface area contributed by atoms with Crippen molar-refractivity contribution in [1.82, 2.24) is 9.97 Å². The summed E-state index contributed by atoms with van der Waals surface area (Å²) in [6.45, 7) is 3.39. The second kappa shape index (κ2) is 4.33. The molecule has 4 heteroatoms. The molecule has 0 amide bonds. The zero-order valence-corrected chi connectivity index (χ0v) is 9.77. The van der Waals surface area contributed by atoms with Crippen molar-refractivity contribution in [3.05, 3.63) is 41.6 Å². The van der Waals surface area contributed by atoms with Crippen LogP contribution in [0.2, 0.25) is 0 Å². The molecule has 0 spiro atoms. The number of carbonyl (C=O) groups excluding carboxylic acids is 1. The highest BCUT2D eigenvalue weighted by Gasteiger charge is 2.06. The number of aromatic nitrogens is 2. The van der Waals surface area contributed by atoms with Gasteiger partial charge < -0.3 is 5.73 Å². The fourth-order valence-electron chi connectivity index (χ4n) is 1.60. The van der Waals surface area contributed by atoms with Gasteiger partial charge in [-0.15, -0.1) is 0 Å². The van der Waals surface area contributed by atoms with E-state index in [1.807, 2.05) is 19.1 Å². The summed E-state index contributed by atoms with van der Waals surface area (Å²) < 4.78 is 0. The van der Waals surface area contributed by atoms with Gasteiger partial charge in [0, 0.05) is 22.9 Å². The topological polar surface area (TPSA) is 68.9 Å². The molecule has 0 saturated heterocycles. The number of benzene rings is 1. The molecule has 86 valence electrons. The lowest BCUT2D eigenvalue weighted by Crippen LogP contribution is -1.99. The van der Waals surface area contributed by atoms with E-state index in [0.29, 0.717) is 17.2 Å². The van der Waals surface area contributed by atoms with E-state index in [0.717, 1.165) is 11.3 Å². The quantitative estimate of drug-likeness (QED) is 0.799. The molecule has 0 unspecified atom stereocenters. The zero-order valence-electron chi connectivity index (χ0n) is 9.77. The molecule has 0 radical (unpaired) electrons. The summed E-state index contributed by atoms with van der Waals surface area (Å²) >= 11 is 0. The van der Waals surface area contributed by atoms with E-state index in [9.17, 15) is 4.79 Å². The van der Waals surface area contributed by atoms with Crippen LogP contribution in [0.3, 0.4) is 0 Å². The molecule has 0 fully saturated rings. The highest BCUT2D eigenvalue weighted by Crippen LogP contribution is 2.18. The predicted molar refractivity (Wildman–Crippen MR) is 66.6 cm³/mol. The number of rotatable bonds is 2. The summed E-state index contributed by atoms with van der Waals surface area (Å²) in [7, 11) is 0. The van der Waals surface area contributed by atoms with Crippen LogP contribution in [0.4, 0.5) is 5.82 Å². The minimum absolute atomic E-state index is 0.0208. The average Bonchev–Trinajstić information content (AvgIpc) is 2.28. The van der Waals surface area contributed by atoms with Gasteiger partial charge in [0.15, 0.2) is 11.6 Å². The first-order chi connectivity index (χ1) is 8.06. The van der Waals surface area contributed by atoms with Crippen LogP contribution in [0, 0.1) is 6.92 Å². The van der Waals surface area contributed by atoms with Gasteiger partial charge in [-0.05, 0) is 19.9 Å². The van der Waals surface area contributed by atoms with Gasteiger partial charge >= 0.3 is 0 Å². The van der Waals surface area contributed by atoms with Crippen molar-refractivity contribution < 1.29 is 4.79 Å². The number of nitrogens with two attached hydrogens (primary N) is 1. The molecule has 0 atom stereocenters. The Bertz CT molecular complexity index is 558. The Kier molecular flexibility index (Phi) is 2.87. The van der Waals surface area contributed by atoms with E-state index < -0.39 is 0 Å². The van der Waals surface area contributed by atoms with Crippen molar-refractivity contribution in [3.8, 4) is 11.4 Å². The van der Waals surface area contributed by atoms with Gasteiger partial charge in [-0.2, -0.15) is 0 Å². The lowest BCUT2D eigenvalue weighted by Gasteiger charge is -2.04. The largest absolute Gasteiger partial charge is 0.384 e. The second-order valence-corrected chi connectivity index (χ2v) is 3.89. The molecular formula is C13H13N3O. The maximum absolute atomic E-state index is 11.3. The smallest absolute Gasteiger partial charge is 0.161 e. The number of ketones is 1. The highest BCUT2D eigenvalue weighted by atomic mass is 16.1. The van der Waals surface area contributed by atoms with E-state index in [1.165, 1.54) is 6.92 Å². The van der Waals surface area contributed by atoms with Crippen LogP contribution in [0.25, 0.3) is 11.4 Å². The van der Waals surface area contributed by atoms with Crippen molar-refractivity contribution in [3.63, 3.8) is 0 Å². The number of nitrogens with zero attached hydrogens (tertiary/aromatic N) is 2. The third-order valence-electron chi connectivity index (χ3n) is 2.40. The van der Waals surface area contributed by atoms with E-state index in [2.05, 4.69) is 9.97 Å². The van der Waals surface area contributed by atoms with E-state index in [-0.39, 0.29) is 5.78 Å². The van der Waals surface area contributed by atoms with Crippen LogP contribution >= 0.6 is 0 Å². The molecule has 2 rings (SSSR count). The fraction of sp³-hybridized carbons (Fsp3) is 0.154. The first-order valence-electron chi connectivity index (χ1n) is 5.29. The summed E-state index contributed by atoms with van der Waals surface area (Å²) in [6.07, 6.45) is 0. The van der Waals surface area contributed by atoms with Gasteiger partial charge in [0.25, 0.3) is 0 Å². The number of nitrogen functional groups attached to an aromatic ring is 1. The second-order valence-electron chi connectivity index (χ2n) is 3.89. The number of carbonyl (C=O) groups is 1. The van der Waals surface area contributed by atoms with Crippen LogP contribution in [0.5, 0.6) is 0 Å².